The lowest BCUT2D eigenvalue weighted by Gasteiger charge is -2.28. The zero-order valence-electron chi connectivity index (χ0n) is 12.3. The van der Waals surface area contributed by atoms with Gasteiger partial charge in [0.25, 0.3) is 5.91 Å². The number of ether oxygens (including phenoxy) is 1. The molecular formula is C16H23NO3. The summed E-state index contributed by atoms with van der Waals surface area (Å²) in [6.07, 6.45) is 3.64. The molecule has 20 heavy (non-hydrogen) atoms. The van der Waals surface area contributed by atoms with Crippen LogP contribution in [-0.2, 0) is 4.79 Å². The van der Waals surface area contributed by atoms with Crippen LogP contribution in [0.5, 0.6) is 5.75 Å². The van der Waals surface area contributed by atoms with Crippen molar-refractivity contribution >= 4 is 5.91 Å². The first-order valence-corrected chi connectivity index (χ1v) is 7.14. The van der Waals surface area contributed by atoms with Crippen molar-refractivity contribution in [3.8, 4) is 5.75 Å². The van der Waals surface area contributed by atoms with Crippen molar-refractivity contribution in [3.63, 3.8) is 0 Å². The average Bonchev–Trinajstić information content (AvgIpc) is 2.84. The van der Waals surface area contributed by atoms with Gasteiger partial charge in [0.1, 0.15) is 5.75 Å². The van der Waals surface area contributed by atoms with Crippen molar-refractivity contribution in [2.45, 2.75) is 38.2 Å². The highest BCUT2D eigenvalue weighted by Gasteiger charge is 2.33. The van der Waals surface area contributed by atoms with Gasteiger partial charge in [-0.25, -0.2) is 0 Å². The Morgan fingerprint density at radius 2 is 1.90 bits per heavy atom. The van der Waals surface area contributed by atoms with Gasteiger partial charge in [0, 0.05) is 13.6 Å². The van der Waals surface area contributed by atoms with E-state index in [1.807, 2.05) is 31.2 Å². The topological polar surface area (TPSA) is 49.8 Å². The Labute approximate surface area is 120 Å². The summed E-state index contributed by atoms with van der Waals surface area (Å²) in [5.41, 5.74) is 0.457. The fraction of sp³-hybridized carbons (Fsp3) is 0.562. The molecule has 0 heterocycles. The summed E-state index contributed by atoms with van der Waals surface area (Å²) in [7, 11) is 1.72. The summed E-state index contributed by atoms with van der Waals surface area (Å²) in [6.45, 7) is 2.41. The Bertz CT molecular complexity index is 449. The van der Waals surface area contributed by atoms with Gasteiger partial charge < -0.3 is 14.7 Å². The van der Waals surface area contributed by atoms with E-state index >= 15 is 0 Å². The summed E-state index contributed by atoms with van der Waals surface area (Å²) in [6, 6.07) is 7.61. The van der Waals surface area contributed by atoms with Crippen LogP contribution in [-0.4, -0.2) is 41.7 Å². The fourth-order valence-corrected chi connectivity index (χ4v) is 2.61. The summed E-state index contributed by atoms with van der Waals surface area (Å²) in [4.78, 5) is 13.6. The van der Waals surface area contributed by atoms with Gasteiger partial charge in [-0.2, -0.15) is 0 Å². The largest absolute Gasteiger partial charge is 0.484 e. The van der Waals surface area contributed by atoms with Gasteiger partial charge in [0.15, 0.2) is 6.61 Å². The van der Waals surface area contributed by atoms with Gasteiger partial charge in [0.05, 0.1) is 5.60 Å². The lowest BCUT2D eigenvalue weighted by molar-refractivity contribution is -0.135. The number of carbonyl (C=O) groups is 1. The smallest absolute Gasteiger partial charge is 0.260 e. The van der Waals surface area contributed by atoms with E-state index in [1.54, 1.807) is 11.9 Å². The number of amides is 1. The number of benzene rings is 1. The second-order valence-corrected chi connectivity index (χ2v) is 5.78. The maximum Gasteiger partial charge on any atom is 0.260 e. The summed E-state index contributed by atoms with van der Waals surface area (Å²) in [5, 5.41) is 10.3. The molecule has 110 valence electrons. The molecule has 1 amide bonds. The van der Waals surface area contributed by atoms with E-state index < -0.39 is 5.60 Å². The Kier molecular flexibility index (Phi) is 4.65. The highest BCUT2D eigenvalue weighted by molar-refractivity contribution is 5.77. The van der Waals surface area contributed by atoms with Crippen molar-refractivity contribution in [2.24, 2.45) is 0 Å². The maximum atomic E-state index is 12.0. The quantitative estimate of drug-likeness (QED) is 0.897. The van der Waals surface area contributed by atoms with Crippen LogP contribution in [0.3, 0.4) is 0 Å². The molecule has 1 N–H and O–H groups in total. The Hall–Kier alpha value is -1.55. The van der Waals surface area contributed by atoms with Crippen molar-refractivity contribution in [3.05, 3.63) is 29.8 Å². The number of rotatable bonds is 5. The van der Waals surface area contributed by atoms with Crippen LogP contribution >= 0.6 is 0 Å². The second-order valence-electron chi connectivity index (χ2n) is 5.78. The van der Waals surface area contributed by atoms with Gasteiger partial charge >= 0.3 is 0 Å². The van der Waals surface area contributed by atoms with Gasteiger partial charge in [-0.1, -0.05) is 30.5 Å². The van der Waals surface area contributed by atoms with E-state index in [1.165, 1.54) is 0 Å². The number of aliphatic hydroxyl groups is 1. The molecule has 0 aliphatic heterocycles. The van der Waals surface area contributed by atoms with E-state index in [0.717, 1.165) is 31.2 Å². The zero-order chi connectivity index (χ0) is 14.6. The fourth-order valence-electron chi connectivity index (χ4n) is 2.61. The molecule has 0 spiro atoms. The van der Waals surface area contributed by atoms with Crippen molar-refractivity contribution in [1.29, 1.82) is 0 Å². The Balaban J connectivity index is 1.80. The van der Waals surface area contributed by atoms with Crippen molar-refractivity contribution in [2.75, 3.05) is 20.2 Å². The molecule has 0 unspecified atom stereocenters. The van der Waals surface area contributed by atoms with E-state index in [0.29, 0.717) is 12.3 Å². The lowest BCUT2D eigenvalue weighted by atomic mass is 10.0. The molecule has 1 aliphatic rings. The normalized spacial score (nSPS) is 16.9. The van der Waals surface area contributed by atoms with Gasteiger partial charge in [-0.05, 0) is 31.9 Å². The molecular weight excluding hydrogens is 254 g/mol. The molecule has 4 nitrogen and oxygen atoms in total. The molecule has 0 bridgehead atoms. The van der Waals surface area contributed by atoms with E-state index in [9.17, 15) is 9.90 Å². The summed E-state index contributed by atoms with van der Waals surface area (Å²) in [5.74, 6) is 0.586. The minimum absolute atomic E-state index is 0.00956. The lowest BCUT2D eigenvalue weighted by Crippen LogP contribution is -2.43. The molecule has 0 atom stereocenters. The summed E-state index contributed by atoms with van der Waals surface area (Å²) < 4.78 is 5.47. The van der Waals surface area contributed by atoms with E-state index in [4.69, 9.17) is 4.74 Å². The van der Waals surface area contributed by atoms with Crippen LogP contribution in [0.25, 0.3) is 0 Å². The molecule has 0 aromatic heterocycles. The van der Waals surface area contributed by atoms with Gasteiger partial charge in [-0.15, -0.1) is 0 Å². The van der Waals surface area contributed by atoms with Crippen molar-refractivity contribution < 1.29 is 14.6 Å². The number of hydrogen-bond acceptors (Lipinski definition) is 3. The third kappa shape index (κ3) is 3.97. The molecule has 2 rings (SSSR count). The first kappa shape index (κ1) is 14.9. The minimum atomic E-state index is -0.700. The molecule has 0 saturated heterocycles. The predicted molar refractivity (Wildman–Crippen MR) is 77.7 cm³/mol. The standard InChI is InChI=1S/C16H23NO3/c1-13-5-7-14(8-6-13)20-11-15(18)17(2)12-16(19)9-3-4-10-16/h5-8,19H,3-4,9-12H2,1-2H3. The average molecular weight is 277 g/mol. The number of carbonyl (C=O) groups excluding carboxylic acids is 1. The Morgan fingerprint density at radius 1 is 1.30 bits per heavy atom. The van der Waals surface area contributed by atoms with E-state index in [-0.39, 0.29) is 12.5 Å². The van der Waals surface area contributed by atoms with Crippen LogP contribution in [0, 0.1) is 6.92 Å². The monoisotopic (exact) mass is 277 g/mol. The molecule has 4 heteroatoms. The number of aryl methyl sites for hydroxylation is 1. The van der Waals surface area contributed by atoms with E-state index in [2.05, 4.69) is 0 Å². The molecule has 1 fully saturated rings. The second kappa shape index (κ2) is 6.27. The molecule has 0 radical (unpaired) electrons. The molecule has 1 aromatic rings. The highest BCUT2D eigenvalue weighted by atomic mass is 16.5. The molecule has 1 aliphatic carbocycles. The third-order valence-electron chi connectivity index (χ3n) is 3.87. The predicted octanol–water partition coefficient (Wildman–Crippen LogP) is 2.14. The first-order chi connectivity index (χ1) is 9.48. The summed E-state index contributed by atoms with van der Waals surface area (Å²) >= 11 is 0. The van der Waals surface area contributed by atoms with Crippen LogP contribution in [0.4, 0.5) is 0 Å². The minimum Gasteiger partial charge on any atom is -0.484 e. The zero-order valence-corrected chi connectivity index (χ0v) is 12.3. The maximum absolute atomic E-state index is 12.0. The number of hydrogen-bond donors (Lipinski definition) is 1. The van der Waals surface area contributed by atoms with Crippen molar-refractivity contribution in [1.82, 2.24) is 4.90 Å². The molecule has 1 saturated carbocycles. The number of likely N-dealkylation sites (N-methyl/N-ethyl adjacent to an activating group) is 1. The Morgan fingerprint density at radius 3 is 2.50 bits per heavy atom. The SMILES string of the molecule is Cc1ccc(OCC(=O)N(C)CC2(O)CCCC2)cc1. The number of nitrogens with zero attached hydrogens (tertiary/aromatic N) is 1. The van der Waals surface area contributed by atoms with Crippen LogP contribution in [0.2, 0.25) is 0 Å². The highest BCUT2D eigenvalue weighted by Crippen LogP contribution is 2.29. The van der Waals surface area contributed by atoms with Gasteiger partial charge in [-0.3, -0.25) is 4.79 Å². The third-order valence-corrected chi connectivity index (χ3v) is 3.87. The molecule has 1 aromatic carbocycles. The van der Waals surface area contributed by atoms with Crippen LogP contribution in [0.15, 0.2) is 24.3 Å². The van der Waals surface area contributed by atoms with Crippen LogP contribution in [0.1, 0.15) is 31.2 Å². The first-order valence-electron chi connectivity index (χ1n) is 7.14. The van der Waals surface area contributed by atoms with Crippen LogP contribution < -0.4 is 4.74 Å². The van der Waals surface area contributed by atoms with Gasteiger partial charge in [0.2, 0.25) is 0 Å².